The summed E-state index contributed by atoms with van der Waals surface area (Å²) >= 11 is 1.73. The number of hydrogen-bond acceptors (Lipinski definition) is 4. The Bertz CT molecular complexity index is 316. The van der Waals surface area contributed by atoms with Crippen molar-refractivity contribution >= 4 is 11.8 Å². The molecular weight excluding hydrogens is 232 g/mol. The highest BCUT2D eigenvalue weighted by Crippen LogP contribution is 2.19. The van der Waals surface area contributed by atoms with Gasteiger partial charge in [0.05, 0.1) is 0 Å². The van der Waals surface area contributed by atoms with E-state index in [0.29, 0.717) is 6.54 Å². The summed E-state index contributed by atoms with van der Waals surface area (Å²) in [7, 11) is 0. The van der Waals surface area contributed by atoms with E-state index in [0.717, 1.165) is 6.42 Å². The largest absolute Gasteiger partial charge is 0.396 e. The van der Waals surface area contributed by atoms with E-state index in [-0.39, 0.29) is 18.7 Å². The Kier molecular flexibility index (Phi) is 6.58. The summed E-state index contributed by atoms with van der Waals surface area (Å²) in [5.74, 6) is 0. The third kappa shape index (κ3) is 4.68. The van der Waals surface area contributed by atoms with Crippen LogP contribution in [-0.2, 0) is 0 Å². The standard InChI is InChI=1S/C13H22N2OS/c1-10(7-8-16)15-13(9-14)11-3-5-12(17-2)6-4-11/h3-6,10,13,15-16H,7-9,14H2,1-2H3. The molecule has 0 aliphatic carbocycles. The lowest BCUT2D eigenvalue weighted by atomic mass is 10.1. The monoisotopic (exact) mass is 254 g/mol. The second-order valence-electron chi connectivity index (χ2n) is 4.14. The second kappa shape index (κ2) is 7.71. The van der Waals surface area contributed by atoms with Gasteiger partial charge in [0.15, 0.2) is 0 Å². The fourth-order valence-corrected chi connectivity index (χ4v) is 2.17. The Morgan fingerprint density at radius 2 is 2.00 bits per heavy atom. The van der Waals surface area contributed by atoms with Crippen LogP contribution < -0.4 is 11.1 Å². The maximum atomic E-state index is 8.89. The first-order chi connectivity index (χ1) is 8.21. The Labute approximate surface area is 108 Å². The normalized spacial score (nSPS) is 14.6. The first kappa shape index (κ1) is 14.5. The zero-order valence-corrected chi connectivity index (χ0v) is 11.3. The predicted octanol–water partition coefficient (Wildman–Crippen LogP) is 1.77. The summed E-state index contributed by atoms with van der Waals surface area (Å²) in [6.45, 7) is 2.83. The lowest BCUT2D eigenvalue weighted by molar-refractivity contribution is 0.263. The first-order valence-corrected chi connectivity index (χ1v) is 7.14. The third-order valence-corrected chi connectivity index (χ3v) is 3.55. The predicted molar refractivity (Wildman–Crippen MR) is 74.3 cm³/mol. The maximum Gasteiger partial charge on any atom is 0.0446 e. The van der Waals surface area contributed by atoms with Gasteiger partial charge in [-0.2, -0.15) is 0 Å². The fourth-order valence-electron chi connectivity index (χ4n) is 1.76. The fraction of sp³-hybridized carbons (Fsp3) is 0.538. The molecule has 0 heterocycles. The number of nitrogens with one attached hydrogen (secondary N) is 1. The smallest absolute Gasteiger partial charge is 0.0446 e. The van der Waals surface area contributed by atoms with E-state index in [1.54, 1.807) is 11.8 Å². The molecule has 0 aliphatic heterocycles. The Hall–Kier alpha value is -0.550. The minimum Gasteiger partial charge on any atom is -0.396 e. The quantitative estimate of drug-likeness (QED) is 0.649. The molecule has 96 valence electrons. The van der Waals surface area contributed by atoms with Crippen molar-refractivity contribution in [2.45, 2.75) is 30.3 Å². The molecule has 0 saturated carbocycles. The summed E-state index contributed by atoms with van der Waals surface area (Å²) in [6, 6.07) is 8.88. The number of aliphatic hydroxyl groups is 1. The van der Waals surface area contributed by atoms with Gasteiger partial charge in [-0.3, -0.25) is 0 Å². The second-order valence-corrected chi connectivity index (χ2v) is 5.02. The van der Waals surface area contributed by atoms with Gasteiger partial charge in [0.2, 0.25) is 0 Å². The van der Waals surface area contributed by atoms with Gasteiger partial charge in [-0.25, -0.2) is 0 Å². The van der Waals surface area contributed by atoms with Crippen molar-refractivity contribution in [3.8, 4) is 0 Å². The van der Waals surface area contributed by atoms with Crippen molar-refractivity contribution in [3.63, 3.8) is 0 Å². The van der Waals surface area contributed by atoms with Crippen LogP contribution in [-0.4, -0.2) is 30.6 Å². The Morgan fingerprint density at radius 3 is 2.47 bits per heavy atom. The summed E-state index contributed by atoms with van der Waals surface area (Å²) in [5.41, 5.74) is 6.99. The first-order valence-electron chi connectivity index (χ1n) is 5.92. The van der Waals surface area contributed by atoms with E-state index in [2.05, 4.69) is 42.8 Å². The lowest BCUT2D eigenvalue weighted by Crippen LogP contribution is -2.35. The molecule has 0 fully saturated rings. The lowest BCUT2D eigenvalue weighted by Gasteiger charge is -2.22. The molecule has 0 radical (unpaired) electrons. The molecule has 0 saturated heterocycles. The minimum atomic E-state index is 0.160. The van der Waals surface area contributed by atoms with Crippen LogP contribution >= 0.6 is 11.8 Å². The van der Waals surface area contributed by atoms with E-state index < -0.39 is 0 Å². The van der Waals surface area contributed by atoms with E-state index in [1.807, 2.05) is 0 Å². The van der Waals surface area contributed by atoms with Crippen molar-refractivity contribution < 1.29 is 5.11 Å². The number of thioether (sulfide) groups is 1. The molecule has 0 aliphatic rings. The molecule has 3 nitrogen and oxygen atoms in total. The number of aliphatic hydroxyl groups excluding tert-OH is 1. The molecule has 0 spiro atoms. The van der Waals surface area contributed by atoms with Gasteiger partial charge in [0.1, 0.15) is 0 Å². The van der Waals surface area contributed by atoms with Crippen molar-refractivity contribution in [2.75, 3.05) is 19.4 Å². The van der Waals surface area contributed by atoms with Crippen molar-refractivity contribution in [1.82, 2.24) is 5.32 Å². The highest BCUT2D eigenvalue weighted by atomic mass is 32.2. The number of hydrogen-bond donors (Lipinski definition) is 3. The Morgan fingerprint density at radius 1 is 1.35 bits per heavy atom. The van der Waals surface area contributed by atoms with Crippen molar-refractivity contribution in [2.24, 2.45) is 5.73 Å². The maximum absolute atomic E-state index is 8.89. The molecule has 0 amide bonds. The highest BCUT2D eigenvalue weighted by molar-refractivity contribution is 7.98. The van der Waals surface area contributed by atoms with Crippen LogP contribution in [0.15, 0.2) is 29.2 Å². The van der Waals surface area contributed by atoms with Crippen molar-refractivity contribution in [3.05, 3.63) is 29.8 Å². The molecule has 2 unspecified atom stereocenters. The summed E-state index contributed by atoms with van der Waals surface area (Å²) < 4.78 is 0. The van der Waals surface area contributed by atoms with Crippen LogP contribution in [0, 0.1) is 0 Å². The van der Waals surface area contributed by atoms with E-state index in [9.17, 15) is 0 Å². The summed E-state index contributed by atoms with van der Waals surface area (Å²) in [5, 5.41) is 12.3. The molecule has 4 N–H and O–H groups in total. The van der Waals surface area contributed by atoms with Crippen LogP contribution in [0.4, 0.5) is 0 Å². The van der Waals surface area contributed by atoms with Crippen LogP contribution in [0.1, 0.15) is 24.9 Å². The van der Waals surface area contributed by atoms with Crippen LogP contribution in [0.3, 0.4) is 0 Å². The van der Waals surface area contributed by atoms with Crippen molar-refractivity contribution in [1.29, 1.82) is 0 Å². The molecule has 0 aromatic heterocycles. The van der Waals surface area contributed by atoms with Gasteiger partial charge in [0, 0.05) is 30.1 Å². The summed E-state index contributed by atoms with van der Waals surface area (Å²) in [6.07, 6.45) is 2.82. The number of rotatable bonds is 7. The van der Waals surface area contributed by atoms with Gasteiger partial charge in [-0.1, -0.05) is 12.1 Å². The Balaban J connectivity index is 2.65. The van der Waals surface area contributed by atoms with E-state index >= 15 is 0 Å². The molecule has 0 bridgehead atoms. The molecule has 1 aromatic carbocycles. The molecular formula is C13H22N2OS. The van der Waals surface area contributed by atoms with E-state index in [4.69, 9.17) is 10.8 Å². The van der Waals surface area contributed by atoms with Gasteiger partial charge in [-0.05, 0) is 37.3 Å². The number of benzene rings is 1. The SMILES string of the molecule is CSc1ccc(C(CN)NC(C)CCO)cc1. The zero-order valence-electron chi connectivity index (χ0n) is 10.5. The molecule has 17 heavy (non-hydrogen) atoms. The molecule has 1 aromatic rings. The zero-order chi connectivity index (χ0) is 12.7. The van der Waals surface area contributed by atoms with Gasteiger partial charge < -0.3 is 16.2 Å². The average Bonchev–Trinajstić information content (AvgIpc) is 2.36. The van der Waals surface area contributed by atoms with Crippen LogP contribution in [0.25, 0.3) is 0 Å². The molecule has 2 atom stereocenters. The highest BCUT2D eigenvalue weighted by Gasteiger charge is 2.12. The molecule has 4 heteroatoms. The topological polar surface area (TPSA) is 58.3 Å². The van der Waals surface area contributed by atoms with Gasteiger partial charge >= 0.3 is 0 Å². The van der Waals surface area contributed by atoms with Gasteiger partial charge in [0.25, 0.3) is 0 Å². The third-order valence-electron chi connectivity index (χ3n) is 2.80. The summed E-state index contributed by atoms with van der Waals surface area (Å²) in [4.78, 5) is 1.26. The average molecular weight is 254 g/mol. The minimum absolute atomic E-state index is 0.160. The number of nitrogens with two attached hydrogens (primary N) is 1. The van der Waals surface area contributed by atoms with Crippen LogP contribution in [0.5, 0.6) is 0 Å². The van der Waals surface area contributed by atoms with Gasteiger partial charge in [-0.15, -0.1) is 11.8 Å². The van der Waals surface area contributed by atoms with E-state index in [1.165, 1.54) is 10.5 Å². The molecule has 1 rings (SSSR count). The van der Waals surface area contributed by atoms with Crippen LogP contribution in [0.2, 0.25) is 0 Å².